The molecule has 2 rings (SSSR count). The Morgan fingerprint density at radius 1 is 1.23 bits per heavy atom. The van der Waals surface area contributed by atoms with Gasteiger partial charge in [-0.2, -0.15) is 5.10 Å². The van der Waals surface area contributed by atoms with Crippen LogP contribution in [-0.2, 0) is 0 Å². The van der Waals surface area contributed by atoms with Gasteiger partial charge in [-0.3, -0.25) is 4.79 Å². The number of nitrogens with one attached hydrogen (secondary N) is 2. The average Bonchev–Trinajstić information content (AvgIpc) is 3.12. The van der Waals surface area contributed by atoms with Crippen molar-refractivity contribution in [3.05, 3.63) is 60.1 Å². The summed E-state index contributed by atoms with van der Waals surface area (Å²) in [4.78, 5) is 11.6. The zero-order valence-corrected chi connectivity index (χ0v) is 18.7. The van der Waals surface area contributed by atoms with Crippen molar-refractivity contribution in [3.63, 3.8) is 0 Å². The molecule has 1 aromatic heterocycles. The van der Waals surface area contributed by atoms with E-state index in [1.807, 2.05) is 61.3 Å². The molecular weight excluding hydrogens is 376 g/mol. The number of Topliss-reactive ketones (excluding diaryl/α,β-unsaturated/α-hetero) is 1. The van der Waals surface area contributed by atoms with Gasteiger partial charge in [-0.15, -0.1) is 0 Å². The molecule has 6 nitrogen and oxygen atoms in total. The SMILES string of the molecule is C=C(/C=C\n1ncc(-c2cccc(C(C)=O)c2)c1C)NCCNCCC.CCCO. The van der Waals surface area contributed by atoms with Gasteiger partial charge in [0.05, 0.1) is 6.20 Å². The number of nitrogens with zero attached hydrogens (tertiary/aromatic N) is 2. The van der Waals surface area contributed by atoms with Crippen molar-refractivity contribution < 1.29 is 9.90 Å². The first-order valence-corrected chi connectivity index (χ1v) is 10.5. The van der Waals surface area contributed by atoms with Crippen LogP contribution in [0.5, 0.6) is 0 Å². The standard InChI is InChI=1S/C21H28N4O.C3H8O/c1-5-10-22-11-12-23-16(2)9-13-25-17(3)21(15-24-25)20-8-6-7-19(14-20)18(4)26;1-2-3-4/h6-9,13-15,22-23H,2,5,10-12H2,1,3-4H3;4H,2-3H2,1H3/b13-9-;. The second-order valence-electron chi connectivity index (χ2n) is 6.97. The Bertz CT molecular complexity index is 822. The van der Waals surface area contributed by atoms with E-state index in [1.54, 1.807) is 6.92 Å². The average molecular weight is 413 g/mol. The number of carbonyl (C=O) groups is 1. The number of aliphatic hydroxyl groups excluding tert-OH is 1. The molecule has 0 unspecified atom stereocenters. The fraction of sp³-hybridized carbons (Fsp3) is 0.417. The van der Waals surface area contributed by atoms with E-state index < -0.39 is 0 Å². The molecule has 1 aromatic carbocycles. The third kappa shape index (κ3) is 8.76. The highest BCUT2D eigenvalue weighted by molar-refractivity contribution is 5.95. The largest absolute Gasteiger partial charge is 0.396 e. The summed E-state index contributed by atoms with van der Waals surface area (Å²) in [6.45, 7) is 14.8. The van der Waals surface area contributed by atoms with Gasteiger partial charge in [0.15, 0.2) is 5.78 Å². The second-order valence-corrected chi connectivity index (χ2v) is 6.97. The van der Waals surface area contributed by atoms with Crippen molar-refractivity contribution in [3.8, 4) is 11.1 Å². The Balaban J connectivity index is 0.00000103. The third-order valence-electron chi connectivity index (χ3n) is 4.35. The molecule has 0 aliphatic heterocycles. The summed E-state index contributed by atoms with van der Waals surface area (Å²) in [6, 6.07) is 7.63. The lowest BCUT2D eigenvalue weighted by Crippen LogP contribution is -2.26. The maximum Gasteiger partial charge on any atom is 0.159 e. The second kappa shape index (κ2) is 14.3. The molecule has 164 valence electrons. The van der Waals surface area contributed by atoms with Gasteiger partial charge in [0.1, 0.15) is 0 Å². The molecule has 0 aliphatic rings. The molecular formula is C24H36N4O2. The first-order valence-electron chi connectivity index (χ1n) is 10.5. The number of carbonyl (C=O) groups excluding carboxylic acids is 1. The summed E-state index contributed by atoms with van der Waals surface area (Å²) in [6.07, 6.45) is 7.64. The van der Waals surface area contributed by atoms with Crippen molar-refractivity contribution in [2.45, 2.75) is 40.5 Å². The van der Waals surface area contributed by atoms with E-state index in [2.05, 4.69) is 29.2 Å². The molecule has 6 heteroatoms. The van der Waals surface area contributed by atoms with E-state index in [4.69, 9.17) is 5.11 Å². The van der Waals surface area contributed by atoms with Crippen LogP contribution >= 0.6 is 0 Å². The van der Waals surface area contributed by atoms with Crippen LogP contribution in [0.3, 0.4) is 0 Å². The zero-order chi connectivity index (χ0) is 22.4. The molecule has 3 N–H and O–H groups in total. The highest BCUT2D eigenvalue weighted by atomic mass is 16.2. The number of ketones is 1. The highest BCUT2D eigenvalue weighted by Crippen LogP contribution is 2.24. The maximum atomic E-state index is 11.6. The number of hydrogen-bond acceptors (Lipinski definition) is 5. The lowest BCUT2D eigenvalue weighted by molar-refractivity contribution is 0.101. The van der Waals surface area contributed by atoms with Gasteiger partial charge in [-0.1, -0.05) is 38.6 Å². The predicted molar refractivity (Wildman–Crippen MR) is 125 cm³/mol. The van der Waals surface area contributed by atoms with E-state index in [-0.39, 0.29) is 5.78 Å². The Hall–Kier alpha value is -2.70. The van der Waals surface area contributed by atoms with Crippen LogP contribution in [0, 0.1) is 6.92 Å². The first-order chi connectivity index (χ1) is 14.4. The normalized spacial score (nSPS) is 10.6. The predicted octanol–water partition coefficient (Wildman–Crippen LogP) is 4.02. The Kier molecular flexibility index (Phi) is 12.1. The molecule has 0 radical (unpaired) electrons. The number of aromatic nitrogens is 2. The zero-order valence-electron chi connectivity index (χ0n) is 18.7. The summed E-state index contributed by atoms with van der Waals surface area (Å²) in [7, 11) is 0. The number of benzene rings is 1. The van der Waals surface area contributed by atoms with Gasteiger partial charge in [-0.05, 0) is 50.9 Å². The van der Waals surface area contributed by atoms with Crippen LogP contribution in [0.25, 0.3) is 17.3 Å². The summed E-state index contributed by atoms with van der Waals surface area (Å²) in [5, 5.41) is 18.9. The number of hydrogen-bond donors (Lipinski definition) is 3. The molecule has 0 atom stereocenters. The van der Waals surface area contributed by atoms with Gasteiger partial charge in [0.2, 0.25) is 0 Å². The summed E-state index contributed by atoms with van der Waals surface area (Å²) < 4.78 is 1.82. The Morgan fingerprint density at radius 2 is 1.97 bits per heavy atom. The van der Waals surface area contributed by atoms with Crippen LogP contribution in [0.1, 0.15) is 49.7 Å². The minimum atomic E-state index is 0.0626. The molecule has 0 bridgehead atoms. The molecule has 0 amide bonds. The number of rotatable bonds is 11. The first kappa shape index (κ1) is 25.3. The van der Waals surface area contributed by atoms with Crippen LogP contribution < -0.4 is 10.6 Å². The number of allylic oxidation sites excluding steroid dienone is 1. The minimum Gasteiger partial charge on any atom is -0.396 e. The van der Waals surface area contributed by atoms with Crippen molar-refractivity contribution in [1.82, 2.24) is 20.4 Å². The number of aliphatic hydroxyl groups is 1. The van der Waals surface area contributed by atoms with Crippen LogP contribution in [0.4, 0.5) is 0 Å². The van der Waals surface area contributed by atoms with E-state index in [1.165, 1.54) is 0 Å². The molecule has 1 heterocycles. The lowest BCUT2D eigenvalue weighted by Gasteiger charge is -2.07. The quantitative estimate of drug-likeness (QED) is 0.295. The maximum absolute atomic E-state index is 11.6. The molecule has 0 spiro atoms. The summed E-state index contributed by atoms with van der Waals surface area (Å²) >= 11 is 0. The summed E-state index contributed by atoms with van der Waals surface area (Å²) in [5.74, 6) is 0.0626. The Labute approximate surface area is 180 Å². The molecule has 2 aromatic rings. The van der Waals surface area contributed by atoms with Gasteiger partial charge in [0, 0.05) is 48.4 Å². The van der Waals surface area contributed by atoms with Crippen molar-refractivity contribution in [1.29, 1.82) is 0 Å². The highest BCUT2D eigenvalue weighted by Gasteiger charge is 2.09. The van der Waals surface area contributed by atoms with Crippen LogP contribution in [0.15, 0.2) is 48.8 Å². The third-order valence-corrected chi connectivity index (χ3v) is 4.35. The van der Waals surface area contributed by atoms with E-state index in [0.29, 0.717) is 12.2 Å². The minimum absolute atomic E-state index is 0.0626. The van der Waals surface area contributed by atoms with Crippen molar-refractivity contribution in [2.75, 3.05) is 26.2 Å². The smallest absolute Gasteiger partial charge is 0.159 e. The molecule has 0 saturated heterocycles. The van der Waals surface area contributed by atoms with Gasteiger partial charge in [0.25, 0.3) is 0 Å². The van der Waals surface area contributed by atoms with Crippen LogP contribution in [0.2, 0.25) is 0 Å². The van der Waals surface area contributed by atoms with Crippen molar-refractivity contribution in [2.24, 2.45) is 0 Å². The fourth-order valence-corrected chi connectivity index (χ4v) is 2.60. The van der Waals surface area contributed by atoms with Crippen LogP contribution in [-0.4, -0.2) is 46.9 Å². The lowest BCUT2D eigenvalue weighted by atomic mass is 10.0. The Morgan fingerprint density at radius 3 is 2.60 bits per heavy atom. The molecule has 30 heavy (non-hydrogen) atoms. The van der Waals surface area contributed by atoms with Crippen molar-refractivity contribution >= 4 is 12.0 Å². The van der Waals surface area contributed by atoms with E-state index >= 15 is 0 Å². The van der Waals surface area contributed by atoms with E-state index in [0.717, 1.165) is 55.0 Å². The molecule has 0 aliphatic carbocycles. The van der Waals surface area contributed by atoms with Gasteiger partial charge in [-0.25, -0.2) is 4.68 Å². The van der Waals surface area contributed by atoms with E-state index in [9.17, 15) is 4.79 Å². The monoisotopic (exact) mass is 412 g/mol. The fourth-order valence-electron chi connectivity index (χ4n) is 2.60. The summed E-state index contributed by atoms with van der Waals surface area (Å²) in [5.41, 5.74) is 4.58. The van der Waals surface area contributed by atoms with Gasteiger partial charge >= 0.3 is 0 Å². The van der Waals surface area contributed by atoms with Gasteiger partial charge < -0.3 is 15.7 Å². The molecule has 0 fully saturated rings. The topological polar surface area (TPSA) is 79.2 Å². The molecule has 0 saturated carbocycles.